The number of likely N-dealkylation sites (N-methyl/N-ethyl adjacent to an activating group) is 1. The van der Waals surface area contributed by atoms with Crippen molar-refractivity contribution in [2.75, 3.05) is 13.7 Å². The number of nitrogens with zero attached hydrogens (tertiary/aromatic N) is 1. The quantitative estimate of drug-likeness (QED) is 0.807. The Morgan fingerprint density at radius 1 is 1.04 bits per heavy atom. The lowest BCUT2D eigenvalue weighted by molar-refractivity contribution is -0.275. The third kappa shape index (κ3) is 5.49. The summed E-state index contributed by atoms with van der Waals surface area (Å²) in [4.78, 5) is 13.3. The zero-order valence-electron chi connectivity index (χ0n) is 12.9. The number of para-hydroxylation sites is 2. The lowest BCUT2D eigenvalue weighted by atomic mass is 10.2. The number of carbonyl (C=O) groups excluding carboxylic acids is 1. The fraction of sp³-hybridized carbons (Fsp3) is 0.235. The minimum Gasteiger partial charge on any atom is -0.484 e. The van der Waals surface area contributed by atoms with E-state index in [1.807, 2.05) is 6.07 Å². The van der Waals surface area contributed by atoms with Crippen LogP contribution in [0, 0.1) is 0 Å². The van der Waals surface area contributed by atoms with Crippen LogP contribution >= 0.6 is 0 Å². The maximum Gasteiger partial charge on any atom is 0.573 e. The second-order valence-corrected chi connectivity index (χ2v) is 5.01. The maximum absolute atomic E-state index is 12.4. The molecule has 0 bridgehead atoms. The van der Waals surface area contributed by atoms with E-state index in [1.54, 1.807) is 30.3 Å². The van der Waals surface area contributed by atoms with Crippen LogP contribution in [0.3, 0.4) is 0 Å². The summed E-state index contributed by atoms with van der Waals surface area (Å²) in [6, 6.07) is 14.5. The summed E-state index contributed by atoms with van der Waals surface area (Å²) >= 11 is 0. The number of hydrogen-bond acceptors (Lipinski definition) is 3. The third-order valence-corrected chi connectivity index (χ3v) is 3.14. The Bertz CT molecular complexity index is 674. The Morgan fingerprint density at radius 3 is 2.33 bits per heavy atom. The van der Waals surface area contributed by atoms with Gasteiger partial charge in [-0.3, -0.25) is 4.79 Å². The Hall–Kier alpha value is -2.70. The van der Waals surface area contributed by atoms with E-state index in [0.717, 1.165) is 0 Å². The fourth-order valence-electron chi connectivity index (χ4n) is 1.97. The Morgan fingerprint density at radius 2 is 1.67 bits per heavy atom. The summed E-state index contributed by atoms with van der Waals surface area (Å²) in [6.45, 7) is -0.230. The molecule has 2 rings (SSSR count). The van der Waals surface area contributed by atoms with E-state index >= 15 is 0 Å². The minimum absolute atomic E-state index is 0.0246. The highest BCUT2D eigenvalue weighted by Gasteiger charge is 2.32. The third-order valence-electron chi connectivity index (χ3n) is 3.14. The van der Waals surface area contributed by atoms with Crippen molar-refractivity contribution >= 4 is 5.91 Å². The van der Waals surface area contributed by atoms with E-state index in [9.17, 15) is 18.0 Å². The SMILES string of the molecule is CN(Cc1ccccc1OC(F)(F)F)C(=O)COc1ccccc1. The van der Waals surface area contributed by atoms with Crippen molar-refractivity contribution in [1.82, 2.24) is 4.90 Å². The molecule has 0 aromatic heterocycles. The molecule has 0 spiro atoms. The number of benzene rings is 2. The topological polar surface area (TPSA) is 38.8 Å². The molecule has 0 saturated heterocycles. The van der Waals surface area contributed by atoms with Crippen LogP contribution in [-0.2, 0) is 11.3 Å². The largest absolute Gasteiger partial charge is 0.573 e. The molecule has 128 valence electrons. The fourth-order valence-corrected chi connectivity index (χ4v) is 1.97. The summed E-state index contributed by atoms with van der Waals surface area (Å²) in [7, 11) is 1.49. The van der Waals surface area contributed by atoms with Crippen LogP contribution in [-0.4, -0.2) is 30.8 Å². The lowest BCUT2D eigenvalue weighted by Crippen LogP contribution is -2.31. The van der Waals surface area contributed by atoms with Gasteiger partial charge in [0.1, 0.15) is 11.5 Å². The van der Waals surface area contributed by atoms with Crippen molar-refractivity contribution in [3.8, 4) is 11.5 Å². The van der Waals surface area contributed by atoms with Gasteiger partial charge in [0.2, 0.25) is 0 Å². The van der Waals surface area contributed by atoms with Crippen LogP contribution in [0.25, 0.3) is 0 Å². The average Bonchev–Trinajstić information content (AvgIpc) is 2.54. The molecule has 0 heterocycles. The molecule has 0 N–H and O–H groups in total. The number of carbonyl (C=O) groups is 1. The lowest BCUT2D eigenvalue weighted by Gasteiger charge is -2.20. The smallest absolute Gasteiger partial charge is 0.484 e. The molecular formula is C17H16F3NO3. The number of amides is 1. The van der Waals surface area contributed by atoms with Crippen molar-refractivity contribution in [1.29, 1.82) is 0 Å². The van der Waals surface area contributed by atoms with E-state index in [1.165, 1.54) is 30.1 Å². The van der Waals surface area contributed by atoms with Gasteiger partial charge in [0.25, 0.3) is 5.91 Å². The predicted molar refractivity (Wildman–Crippen MR) is 81.5 cm³/mol. The van der Waals surface area contributed by atoms with E-state index in [0.29, 0.717) is 5.75 Å². The summed E-state index contributed by atoms with van der Waals surface area (Å²) in [5.74, 6) is -0.144. The zero-order chi connectivity index (χ0) is 17.6. The molecule has 0 atom stereocenters. The summed E-state index contributed by atoms with van der Waals surface area (Å²) in [6.07, 6.45) is -4.78. The molecule has 2 aromatic rings. The first kappa shape index (κ1) is 17.7. The Balaban J connectivity index is 1.96. The van der Waals surface area contributed by atoms with Gasteiger partial charge in [-0.1, -0.05) is 36.4 Å². The highest BCUT2D eigenvalue weighted by molar-refractivity contribution is 5.77. The van der Waals surface area contributed by atoms with E-state index < -0.39 is 6.36 Å². The van der Waals surface area contributed by atoms with Crippen LogP contribution in [0.2, 0.25) is 0 Å². The molecule has 4 nitrogen and oxygen atoms in total. The van der Waals surface area contributed by atoms with Crippen LogP contribution in [0.5, 0.6) is 11.5 Å². The molecule has 1 amide bonds. The molecular weight excluding hydrogens is 323 g/mol. The van der Waals surface area contributed by atoms with Crippen molar-refractivity contribution in [3.63, 3.8) is 0 Å². The van der Waals surface area contributed by atoms with Crippen molar-refractivity contribution < 1.29 is 27.4 Å². The monoisotopic (exact) mass is 339 g/mol. The van der Waals surface area contributed by atoms with Crippen molar-refractivity contribution in [2.45, 2.75) is 12.9 Å². The van der Waals surface area contributed by atoms with Gasteiger partial charge in [0.15, 0.2) is 6.61 Å². The molecule has 0 unspecified atom stereocenters. The molecule has 0 aliphatic heterocycles. The zero-order valence-corrected chi connectivity index (χ0v) is 12.9. The summed E-state index contributed by atoms with van der Waals surface area (Å²) in [5, 5.41) is 0. The first-order chi connectivity index (χ1) is 11.3. The van der Waals surface area contributed by atoms with Gasteiger partial charge >= 0.3 is 6.36 Å². The van der Waals surface area contributed by atoms with E-state index in [-0.39, 0.29) is 30.4 Å². The highest BCUT2D eigenvalue weighted by Crippen LogP contribution is 2.26. The number of ether oxygens (including phenoxy) is 2. The normalized spacial score (nSPS) is 11.0. The summed E-state index contributed by atoms with van der Waals surface area (Å²) in [5.41, 5.74) is 0.255. The molecule has 0 radical (unpaired) electrons. The van der Waals surface area contributed by atoms with Gasteiger partial charge in [-0.25, -0.2) is 0 Å². The van der Waals surface area contributed by atoms with Crippen LogP contribution in [0.4, 0.5) is 13.2 Å². The van der Waals surface area contributed by atoms with Crippen LogP contribution in [0.15, 0.2) is 54.6 Å². The second-order valence-electron chi connectivity index (χ2n) is 5.01. The molecule has 0 aliphatic carbocycles. The van der Waals surface area contributed by atoms with Gasteiger partial charge in [0.05, 0.1) is 0 Å². The molecule has 7 heteroatoms. The Kier molecular flexibility index (Phi) is 5.68. The van der Waals surface area contributed by atoms with Crippen molar-refractivity contribution in [3.05, 3.63) is 60.2 Å². The number of halogens is 3. The van der Waals surface area contributed by atoms with Gasteiger partial charge in [-0.2, -0.15) is 0 Å². The molecule has 24 heavy (non-hydrogen) atoms. The molecule has 0 saturated carbocycles. The number of hydrogen-bond donors (Lipinski definition) is 0. The maximum atomic E-state index is 12.4. The number of rotatable bonds is 6. The van der Waals surface area contributed by atoms with Gasteiger partial charge in [-0.15, -0.1) is 13.2 Å². The van der Waals surface area contributed by atoms with Gasteiger partial charge in [0, 0.05) is 19.2 Å². The molecule has 0 aliphatic rings. The van der Waals surface area contributed by atoms with Crippen LogP contribution < -0.4 is 9.47 Å². The highest BCUT2D eigenvalue weighted by atomic mass is 19.4. The minimum atomic E-state index is -4.78. The Labute approximate surface area is 137 Å². The predicted octanol–water partition coefficient (Wildman–Crippen LogP) is 3.62. The number of alkyl halides is 3. The standard InChI is InChI=1S/C17H16F3NO3/c1-21(16(22)12-23-14-8-3-2-4-9-14)11-13-7-5-6-10-15(13)24-17(18,19)20/h2-10H,11-12H2,1H3. The molecule has 0 fully saturated rings. The average molecular weight is 339 g/mol. The first-order valence-corrected chi connectivity index (χ1v) is 7.10. The first-order valence-electron chi connectivity index (χ1n) is 7.10. The van der Waals surface area contributed by atoms with Gasteiger partial charge in [-0.05, 0) is 18.2 Å². The molecule has 2 aromatic carbocycles. The van der Waals surface area contributed by atoms with Crippen molar-refractivity contribution in [2.24, 2.45) is 0 Å². The second kappa shape index (κ2) is 7.72. The summed E-state index contributed by atoms with van der Waals surface area (Å²) < 4.78 is 46.5. The van der Waals surface area contributed by atoms with E-state index in [2.05, 4.69) is 4.74 Å². The van der Waals surface area contributed by atoms with Crippen LogP contribution in [0.1, 0.15) is 5.56 Å². The van der Waals surface area contributed by atoms with E-state index in [4.69, 9.17) is 4.74 Å². The van der Waals surface area contributed by atoms with Gasteiger partial charge < -0.3 is 14.4 Å².